The van der Waals surface area contributed by atoms with Gasteiger partial charge < -0.3 is 14.6 Å². The van der Waals surface area contributed by atoms with Gasteiger partial charge in [0.2, 0.25) is 10.0 Å². The molecule has 1 heterocycles. The Morgan fingerprint density at radius 3 is 2.44 bits per heavy atom. The van der Waals surface area contributed by atoms with Crippen LogP contribution in [0.3, 0.4) is 0 Å². The Bertz CT molecular complexity index is 892. The van der Waals surface area contributed by atoms with Crippen LogP contribution < -0.4 is 10.0 Å². The van der Waals surface area contributed by atoms with Gasteiger partial charge in [-0.1, -0.05) is 37.2 Å². The lowest BCUT2D eigenvalue weighted by Crippen LogP contribution is -2.45. The van der Waals surface area contributed by atoms with Crippen molar-refractivity contribution in [3.8, 4) is 0 Å². The molecule has 0 bridgehead atoms. The Balaban J connectivity index is 1.97. The van der Waals surface area contributed by atoms with Crippen molar-refractivity contribution in [1.29, 1.82) is 0 Å². The van der Waals surface area contributed by atoms with E-state index in [9.17, 15) is 18.0 Å². The average Bonchev–Trinajstić information content (AvgIpc) is 3.03. The van der Waals surface area contributed by atoms with Gasteiger partial charge in [0.15, 0.2) is 12.4 Å². The molecule has 0 radical (unpaired) electrons. The topological polar surface area (TPSA) is 128 Å². The van der Waals surface area contributed by atoms with E-state index in [0.29, 0.717) is 5.76 Å². The van der Waals surface area contributed by atoms with Crippen LogP contribution in [0, 0.1) is 12.8 Å². The number of aromatic nitrogens is 1. The molecule has 1 unspecified atom stereocenters. The van der Waals surface area contributed by atoms with Crippen LogP contribution in [-0.2, 0) is 24.3 Å². The quantitative estimate of drug-likeness (QED) is 0.648. The molecule has 1 amide bonds. The van der Waals surface area contributed by atoms with Gasteiger partial charge in [-0.15, -0.1) is 0 Å². The number of carbonyl (C=O) groups excluding carboxylic acids is 2. The van der Waals surface area contributed by atoms with Crippen molar-refractivity contribution in [2.45, 2.75) is 31.7 Å². The van der Waals surface area contributed by atoms with E-state index in [0.717, 1.165) is 0 Å². The zero-order valence-electron chi connectivity index (χ0n) is 15.1. The standard InChI is InChI=1S/C17H21N3O6S/c1-11(2)16(20-27(23,24)13-7-5-4-6-8-13)17(22)25-10-15(21)18-14-9-12(3)26-19-14/h4-9,11,16,20H,10H2,1-3H3,(H,18,19,21). The molecule has 0 aliphatic rings. The molecule has 1 aromatic carbocycles. The van der Waals surface area contributed by atoms with Crippen molar-refractivity contribution in [3.63, 3.8) is 0 Å². The smallest absolute Gasteiger partial charge is 0.324 e. The third-order valence-corrected chi connectivity index (χ3v) is 4.95. The summed E-state index contributed by atoms with van der Waals surface area (Å²) >= 11 is 0. The SMILES string of the molecule is Cc1cc(NC(=O)COC(=O)C(NS(=O)(=O)c2ccccc2)C(C)C)no1. The number of ether oxygens (including phenoxy) is 1. The number of hydrogen-bond acceptors (Lipinski definition) is 7. The van der Waals surface area contributed by atoms with Gasteiger partial charge in [-0.05, 0) is 25.0 Å². The van der Waals surface area contributed by atoms with Gasteiger partial charge in [-0.3, -0.25) is 9.59 Å². The molecular weight excluding hydrogens is 374 g/mol. The predicted molar refractivity (Wildman–Crippen MR) is 96.2 cm³/mol. The fourth-order valence-corrected chi connectivity index (χ4v) is 3.48. The number of benzene rings is 1. The Hall–Kier alpha value is -2.72. The molecule has 2 rings (SSSR count). The molecule has 2 aromatic rings. The van der Waals surface area contributed by atoms with Crippen LogP contribution in [-0.4, -0.2) is 38.1 Å². The van der Waals surface area contributed by atoms with E-state index in [4.69, 9.17) is 9.26 Å². The van der Waals surface area contributed by atoms with E-state index in [1.165, 1.54) is 18.2 Å². The van der Waals surface area contributed by atoms with Crippen LogP contribution in [0.25, 0.3) is 0 Å². The minimum atomic E-state index is -3.91. The van der Waals surface area contributed by atoms with Gasteiger partial charge in [0.25, 0.3) is 5.91 Å². The molecule has 1 atom stereocenters. The first kappa shape index (κ1) is 20.6. The number of aryl methyl sites for hydroxylation is 1. The Morgan fingerprint density at radius 2 is 1.89 bits per heavy atom. The van der Waals surface area contributed by atoms with Gasteiger partial charge in [0.05, 0.1) is 4.90 Å². The van der Waals surface area contributed by atoms with Gasteiger partial charge >= 0.3 is 5.97 Å². The van der Waals surface area contributed by atoms with Crippen molar-refractivity contribution >= 4 is 27.7 Å². The highest BCUT2D eigenvalue weighted by Gasteiger charge is 2.30. The first-order valence-electron chi connectivity index (χ1n) is 8.16. The fraction of sp³-hybridized carbons (Fsp3) is 0.353. The monoisotopic (exact) mass is 395 g/mol. The van der Waals surface area contributed by atoms with Crippen molar-refractivity contribution in [2.75, 3.05) is 11.9 Å². The second kappa shape index (κ2) is 8.78. The summed E-state index contributed by atoms with van der Waals surface area (Å²) in [7, 11) is -3.91. The van der Waals surface area contributed by atoms with Crippen molar-refractivity contribution in [1.82, 2.24) is 9.88 Å². The molecule has 2 N–H and O–H groups in total. The van der Waals surface area contributed by atoms with E-state index in [-0.39, 0.29) is 10.7 Å². The summed E-state index contributed by atoms with van der Waals surface area (Å²) in [4.78, 5) is 24.1. The predicted octanol–water partition coefficient (Wildman–Crippen LogP) is 1.47. The van der Waals surface area contributed by atoms with Crippen molar-refractivity contribution in [2.24, 2.45) is 5.92 Å². The minimum absolute atomic E-state index is 0.0302. The molecule has 0 fully saturated rings. The van der Waals surface area contributed by atoms with E-state index < -0.39 is 40.5 Å². The Kier molecular flexibility index (Phi) is 6.70. The molecule has 0 saturated carbocycles. The number of nitrogens with one attached hydrogen (secondary N) is 2. The van der Waals surface area contributed by atoms with Crippen molar-refractivity contribution < 1.29 is 27.3 Å². The Labute approximate surface area is 157 Å². The van der Waals surface area contributed by atoms with Crippen LogP contribution in [0.1, 0.15) is 19.6 Å². The summed E-state index contributed by atoms with van der Waals surface area (Å²) in [5.41, 5.74) is 0. The zero-order chi connectivity index (χ0) is 20.0. The average molecular weight is 395 g/mol. The lowest BCUT2D eigenvalue weighted by atomic mass is 10.1. The third kappa shape index (κ3) is 5.90. The van der Waals surface area contributed by atoms with E-state index in [1.807, 2.05) is 0 Å². The first-order chi connectivity index (χ1) is 12.7. The molecule has 0 aliphatic carbocycles. The second-order valence-corrected chi connectivity index (χ2v) is 7.85. The lowest BCUT2D eigenvalue weighted by molar-refractivity contribution is -0.150. The largest absolute Gasteiger partial charge is 0.454 e. The molecule has 0 spiro atoms. The molecule has 0 saturated heterocycles. The van der Waals surface area contributed by atoms with Gasteiger partial charge in [0.1, 0.15) is 11.8 Å². The zero-order valence-corrected chi connectivity index (χ0v) is 15.9. The first-order valence-corrected chi connectivity index (χ1v) is 9.64. The number of amides is 1. The maximum atomic E-state index is 12.4. The molecule has 0 aliphatic heterocycles. The highest BCUT2D eigenvalue weighted by Crippen LogP contribution is 2.12. The maximum Gasteiger partial charge on any atom is 0.324 e. The third-order valence-electron chi connectivity index (χ3n) is 3.50. The van der Waals surface area contributed by atoms with Gasteiger partial charge in [-0.2, -0.15) is 4.72 Å². The number of rotatable bonds is 8. The molecule has 1 aromatic heterocycles. The fourth-order valence-electron chi connectivity index (χ4n) is 2.12. The molecule has 146 valence electrons. The van der Waals surface area contributed by atoms with Crippen LogP contribution >= 0.6 is 0 Å². The van der Waals surface area contributed by atoms with Crippen LogP contribution in [0.4, 0.5) is 5.82 Å². The summed E-state index contributed by atoms with van der Waals surface area (Å²) in [5, 5.41) is 5.99. The maximum absolute atomic E-state index is 12.4. The van der Waals surface area contributed by atoms with Gasteiger partial charge in [0, 0.05) is 6.07 Å². The number of nitrogens with zero attached hydrogens (tertiary/aromatic N) is 1. The number of carbonyl (C=O) groups is 2. The number of esters is 1. The molecule has 10 heteroatoms. The second-order valence-electron chi connectivity index (χ2n) is 6.13. The van der Waals surface area contributed by atoms with E-state index in [1.54, 1.807) is 39.0 Å². The summed E-state index contributed by atoms with van der Waals surface area (Å²) in [6.07, 6.45) is 0. The van der Waals surface area contributed by atoms with E-state index in [2.05, 4.69) is 15.2 Å². The van der Waals surface area contributed by atoms with Crippen LogP contribution in [0.2, 0.25) is 0 Å². The normalized spacial score (nSPS) is 12.6. The minimum Gasteiger partial charge on any atom is -0.454 e. The highest BCUT2D eigenvalue weighted by atomic mass is 32.2. The van der Waals surface area contributed by atoms with Crippen LogP contribution in [0.5, 0.6) is 0 Å². The number of anilines is 1. The summed E-state index contributed by atoms with van der Waals surface area (Å²) in [5.74, 6) is -1.16. The summed E-state index contributed by atoms with van der Waals surface area (Å²) < 4.78 is 36.9. The molecule has 27 heavy (non-hydrogen) atoms. The molecule has 9 nitrogen and oxygen atoms in total. The summed E-state index contributed by atoms with van der Waals surface area (Å²) in [6.45, 7) is 4.41. The number of hydrogen-bond donors (Lipinski definition) is 2. The Morgan fingerprint density at radius 1 is 1.22 bits per heavy atom. The lowest BCUT2D eigenvalue weighted by Gasteiger charge is -2.20. The van der Waals surface area contributed by atoms with Crippen molar-refractivity contribution in [3.05, 3.63) is 42.2 Å². The molecular formula is C17H21N3O6S. The summed E-state index contributed by atoms with van der Waals surface area (Å²) in [6, 6.07) is 8.03. The van der Waals surface area contributed by atoms with Gasteiger partial charge in [-0.25, -0.2) is 8.42 Å². The van der Waals surface area contributed by atoms with E-state index >= 15 is 0 Å². The van der Waals surface area contributed by atoms with Crippen LogP contribution in [0.15, 0.2) is 45.8 Å². The number of sulfonamides is 1. The highest BCUT2D eigenvalue weighted by molar-refractivity contribution is 7.89.